The number of ether oxygens (including phenoxy) is 1. The summed E-state index contributed by atoms with van der Waals surface area (Å²) >= 11 is 0. The van der Waals surface area contributed by atoms with Crippen LogP contribution in [0.3, 0.4) is 0 Å². The van der Waals surface area contributed by atoms with Crippen LogP contribution in [-0.4, -0.2) is 79.0 Å². The minimum absolute atomic E-state index is 0.000410. The summed E-state index contributed by atoms with van der Waals surface area (Å²) in [6.07, 6.45) is 6.84. The van der Waals surface area contributed by atoms with Gasteiger partial charge in [0.15, 0.2) is 5.82 Å². The maximum atomic E-state index is 16.5. The number of fused-ring (bicyclic) bond motifs is 3. The Labute approximate surface area is 234 Å². The fraction of sp³-hybridized carbons (Fsp3) is 0.433. The van der Waals surface area contributed by atoms with Gasteiger partial charge in [0.1, 0.15) is 29.4 Å². The number of phenolic OH excluding ortho intramolecular Hbond substituents is 1. The third kappa shape index (κ3) is 4.47. The number of benzene rings is 2. The summed E-state index contributed by atoms with van der Waals surface area (Å²) in [5.41, 5.74) is 0.744. The second-order valence-corrected chi connectivity index (χ2v) is 12.8. The molecule has 40 heavy (non-hydrogen) atoms. The zero-order valence-corrected chi connectivity index (χ0v) is 23.1. The Hall–Kier alpha value is -3.37. The first-order valence-corrected chi connectivity index (χ1v) is 15.6. The van der Waals surface area contributed by atoms with E-state index in [4.69, 9.17) is 9.72 Å². The summed E-state index contributed by atoms with van der Waals surface area (Å²) in [5, 5.41) is 12.5. The molecule has 10 heteroatoms. The van der Waals surface area contributed by atoms with Gasteiger partial charge in [0.25, 0.3) is 0 Å². The first kappa shape index (κ1) is 25.6. The number of nitrogens with zero attached hydrogens (tertiary/aromatic N) is 5. The van der Waals surface area contributed by atoms with Crippen molar-refractivity contribution in [1.82, 2.24) is 19.9 Å². The van der Waals surface area contributed by atoms with Crippen molar-refractivity contribution in [2.75, 3.05) is 49.2 Å². The second kappa shape index (κ2) is 10.2. The molecule has 4 aromatic rings. The van der Waals surface area contributed by atoms with Gasteiger partial charge in [-0.05, 0) is 68.1 Å². The van der Waals surface area contributed by atoms with Crippen molar-refractivity contribution in [3.63, 3.8) is 0 Å². The smallest absolute Gasteiger partial charge is 0.319 e. The van der Waals surface area contributed by atoms with Crippen molar-refractivity contribution in [1.29, 1.82) is 0 Å². The molecular formula is C30H32FN5O3S. The number of halogens is 1. The van der Waals surface area contributed by atoms with Gasteiger partial charge in [-0.15, -0.1) is 0 Å². The van der Waals surface area contributed by atoms with Gasteiger partial charge in [-0.3, -0.25) is 14.1 Å². The average molecular weight is 562 g/mol. The molecule has 3 saturated heterocycles. The number of aromatic nitrogens is 3. The summed E-state index contributed by atoms with van der Waals surface area (Å²) < 4.78 is 35.0. The van der Waals surface area contributed by atoms with E-state index in [1.165, 1.54) is 6.07 Å². The molecule has 2 aromatic carbocycles. The fourth-order valence-corrected chi connectivity index (χ4v) is 7.80. The minimum Gasteiger partial charge on any atom is -0.508 e. The lowest BCUT2D eigenvalue weighted by molar-refractivity contribution is 0.108. The lowest BCUT2D eigenvalue weighted by atomic mass is 9.95. The summed E-state index contributed by atoms with van der Waals surface area (Å²) in [4.78, 5) is 18.5. The highest BCUT2D eigenvalue weighted by atomic mass is 32.2. The first-order chi connectivity index (χ1) is 19.5. The summed E-state index contributed by atoms with van der Waals surface area (Å²) in [6, 6.07) is 10.9. The number of rotatable bonds is 5. The molecule has 1 atom stereocenters. The molecule has 5 heterocycles. The Kier molecular flexibility index (Phi) is 6.54. The quantitative estimate of drug-likeness (QED) is 0.376. The highest BCUT2D eigenvalue weighted by Crippen LogP contribution is 2.40. The molecule has 2 aromatic heterocycles. The van der Waals surface area contributed by atoms with Gasteiger partial charge in [0.2, 0.25) is 0 Å². The Morgan fingerprint density at radius 3 is 2.67 bits per heavy atom. The van der Waals surface area contributed by atoms with Gasteiger partial charge in [0.05, 0.1) is 10.9 Å². The van der Waals surface area contributed by atoms with Gasteiger partial charge in [-0.2, -0.15) is 9.97 Å². The van der Waals surface area contributed by atoms with E-state index in [1.54, 1.807) is 12.3 Å². The molecule has 0 radical (unpaired) electrons. The number of pyridine rings is 1. The lowest BCUT2D eigenvalue weighted by Crippen LogP contribution is -2.43. The number of phenols is 1. The number of hydrogen-bond donors (Lipinski definition) is 1. The van der Waals surface area contributed by atoms with Crippen molar-refractivity contribution in [3.8, 4) is 23.0 Å². The zero-order valence-electron chi connectivity index (χ0n) is 22.3. The van der Waals surface area contributed by atoms with Crippen molar-refractivity contribution < 1.29 is 18.4 Å². The van der Waals surface area contributed by atoms with E-state index < -0.39 is 16.6 Å². The van der Waals surface area contributed by atoms with Crippen LogP contribution in [0.5, 0.6) is 11.8 Å². The predicted molar refractivity (Wildman–Crippen MR) is 155 cm³/mol. The summed E-state index contributed by atoms with van der Waals surface area (Å²) in [7, 11) is -0.884. The first-order valence-electron chi connectivity index (χ1n) is 14.1. The fourth-order valence-electron chi connectivity index (χ4n) is 6.72. The molecule has 0 spiro atoms. The van der Waals surface area contributed by atoms with Crippen LogP contribution in [0.15, 0.2) is 42.6 Å². The Morgan fingerprint density at radius 1 is 1.00 bits per heavy atom. The lowest BCUT2D eigenvalue weighted by Gasteiger charge is -2.31. The summed E-state index contributed by atoms with van der Waals surface area (Å²) in [5.74, 6) is 1.19. The summed E-state index contributed by atoms with van der Waals surface area (Å²) in [6.45, 7) is 3.85. The highest BCUT2D eigenvalue weighted by Gasteiger charge is 2.45. The highest BCUT2D eigenvalue weighted by molar-refractivity contribution is 7.85. The van der Waals surface area contributed by atoms with Crippen LogP contribution in [0.25, 0.3) is 32.9 Å². The SMILES string of the molecule is O=S1CCCN(c2nc(OCC34CCCN3CCC4)nc3c(F)c(-c4cc(O)cc5ccccc45)ncc23)CC1. The van der Waals surface area contributed by atoms with E-state index in [9.17, 15) is 9.32 Å². The van der Waals surface area contributed by atoms with Crippen LogP contribution in [-0.2, 0) is 10.8 Å². The van der Waals surface area contributed by atoms with E-state index in [0.717, 1.165) is 56.0 Å². The van der Waals surface area contributed by atoms with Gasteiger partial charge in [-0.25, -0.2) is 4.39 Å². The molecule has 0 saturated carbocycles. The minimum atomic E-state index is -0.884. The van der Waals surface area contributed by atoms with Gasteiger partial charge < -0.3 is 14.7 Å². The Morgan fingerprint density at radius 2 is 1.82 bits per heavy atom. The standard InChI is InChI=1S/C30H32FN5O3S/c31-25-26(23-17-21(37)16-20-6-1-2-7-22(20)23)32-18-24-27(25)33-29(34-28(24)35-10-5-14-40(38)15-13-35)39-19-30-8-3-11-36(30)12-4-9-30/h1-2,6-7,16-18,37H,3-5,8-15,19H2. The number of aromatic hydroxyl groups is 1. The van der Waals surface area contributed by atoms with Crippen LogP contribution in [0.2, 0.25) is 0 Å². The van der Waals surface area contributed by atoms with Crippen molar-refractivity contribution >= 4 is 38.3 Å². The van der Waals surface area contributed by atoms with Crippen LogP contribution in [0.4, 0.5) is 10.2 Å². The predicted octanol–water partition coefficient (Wildman–Crippen LogP) is 4.66. The van der Waals surface area contributed by atoms with Crippen molar-refractivity contribution in [2.45, 2.75) is 37.6 Å². The van der Waals surface area contributed by atoms with Crippen molar-refractivity contribution in [3.05, 3.63) is 48.4 Å². The number of hydrogen-bond acceptors (Lipinski definition) is 8. The molecule has 0 aliphatic carbocycles. The topological polar surface area (TPSA) is 91.7 Å². The van der Waals surface area contributed by atoms with Gasteiger partial charge in [-0.1, -0.05) is 24.3 Å². The molecule has 7 rings (SSSR count). The zero-order chi connectivity index (χ0) is 27.3. The van der Waals surface area contributed by atoms with E-state index >= 15 is 4.39 Å². The normalized spacial score (nSPS) is 21.1. The van der Waals surface area contributed by atoms with E-state index in [-0.39, 0.29) is 28.5 Å². The monoisotopic (exact) mass is 561 g/mol. The molecule has 0 bridgehead atoms. The Balaban J connectivity index is 1.35. The maximum Gasteiger partial charge on any atom is 0.319 e. The largest absolute Gasteiger partial charge is 0.508 e. The Bertz CT molecular complexity index is 1620. The van der Waals surface area contributed by atoms with E-state index in [0.29, 0.717) is 48.0 Å². The molecule has 3 aliphatic heterocycles. The van der Waals surface area contributed by atoms with Crippen LogP contribution >= 0.6 is 0 Å². The van der Waals surface area contributed by atoms with E-state index in [1.807, 2.05) is 24.3 Å². The molecule has 1 unspecified atom stereocenters. The molecule has 8 nitrogen and oxygen atoms in total. The van der Waals surface area contributed by atoms with E-state index in [2.05, 4.69) is 19.8 Å². The van der Waals surface area contributed by atoms with Gasteiger partial charge in [0, 0.05) is 47.2 Å². The average Bonchev–Trinajstić information content (AvgIpc) is 3.46. The van der Waals surface area contributed by atoms with Crippen LogP contribution in [0, 0.1) is 5.82 Å². The second-order valence-electron chi connectivity index (χ2n) is 11.1. The molecule has 3 fully saturated rings. The molecule has 0 amide bonds. The van der Waals surface area contributed by atoms with Crippen molar-refractivity contribution in [2.24, 2.45) is 0 Å². The number of anilines is 1. The molecular weight excluding hydrogens is 529 g/mol. The maximum absolute atomic E-state index is 16.5. The van der Waals surface area contributed by atoms with Crippen LogP contribution in [0.1, 0.15) is 32.1 Å². The van der Waals surface area contributed by atoms with Crippen LogP contribution < -0.4 is 9.64 Å². The van der Waals surface area contributed by atoms with Gasteiger partial charge >= 0.3 is 6.01 Å². The molecule has 208 valence electrons. The molecule has 1 N–H and O–H groups in total. The molecule has 3 aliphatic rings. The third-order valence-corrected chi connectivity index (χ3v) is 10.1. The third-order valence-electron chi connectivity index (χ3n) is 8.71.